The van der Waals surface area contributed by atoms with Crippen LogP contribution in [0.25, 0.3) is 0 Å². The first-order valence-electron chi connectivity index (χ1n) is 7.62. The largest absolute Gasteiger partial charge is 0.418 e. The Hall–Kier alpha value is -2.46. The Kier molecular flexibility index (Phi) is 6.69. The van der Waals surface area contributed by atoms with Crippen LogP contribution in [0, 0.1) is 0 Å². The highest BCUT2D eigenvalue weighted by molar-refractivity contribution is 6.34. The molecule has 0 unspecified atom stereocenters. The SMILES string of the molecule is O=C(CC(=O)Nc1c(Cl)cccc1C(F)(F)F)Nc1c(Cl)cccc1C(F)(F)F. The molecule has 0 saturated carbocycles. The normalized spacial score (nSPS) is 11.9. The van der Waals surface area contributed by atoms with E-state index in [1.54, 1.807) is 0 Å². The van der Waals surface area contributed by atoms with Crippen LogP contribution in [0.1, 0.15) is 17.5 Å². The van der Waals surface area contributed by atoms with Gasteiger partial charge in [0.15, 0.2) is 0 Å². The second-order valence-corrected chi connectivity index (χ2v) is 6.41. The van der Waals surface area contributed by atoms with Gasteiger partial charge in [-0.05, 0) is 24.3 Å². The number of alkyl halides is 6. The molecule has 156 valence electrons. The average Bonchev–Trinajstić information content (AvgIpc) is 2.56. The van der Waals surface area contributed by atoms with Crippen LogP contribution in [-0.4, -0.2) is 11.8 Å². The predicted octanol–water partition coefficient (Wildman–Crippen LogP) is 6.00. The molecule has 2 aromatic carbocycles. The second kappa shape index (κ2) is 8.50. The maximum Gasteiger partial charge on any atom is 0.418 e. The zero-order chi connectivity index (χ0) is 22.0. The number of anilines is 2. The number of nitrogens with one attached hydrogen (secondary N) is 2. The van der Waals surface area contributed by atoms with Crippen LogP contribution in [0.5, 0.6) is 0 Å². The van der Waals surface area contributed by atoms with Crippen LogP contribution in [0.15, 0.2) is 36.4 Å². The molecule has 2 amide bonds. The molecule has 0 spiro atoms. The number of rotatable bonds is 4. The third kappa shape index (κ3) is 5.77. The van der Waals surface area contributed by atoms with E-state index in [0.29, 0.717) is 12.1 Å². The van der Waals surface area contributed by atoms with E-state index in [1.165, 1.54) is 0 Å². The Morgan fingerprint density at radius 1 is 0.724 bits per heavy atom. The van der Waals surface area contributed by atoms with Gasteiger partial charge in [-0.1, -0.05) is 35.3 Å². The molecular weight excluding hydrogens is 449 g/mol. The molecule has 12 heteroatoms. The fourth-order valence-corrected chi connectivity index (χ4v) is 2.73. The van der Waals surface area contributed by atoms with Crippen molar-refractivity contribution in [1.29, 1.82) is 0 Å². The van der Waals surface area contributed by atoms with E-state index in [2.05, 4.69) is 0 Å². The van der Waals surface area contributed by atoms with Crippen LogP contribution in [0.3, 0.4) is 0 Å². The summed E-state index contributed by atoms with van der Waals surface area (Å²) in [6.07, 6.45) is -10.8. The van der Waals surface area contributed by atoms with Gasteiger partial charge >= 0.3 is 12.4 Å². The van der Waals surface area contributed by atoms with Gasteiger partial charge in [0.1, 0.15) is 6.42 Å². The van der Waals surface area contributed by atoms with Gasteiger partial charge in [-0.3, -0.25) is 9.59 Å². The fourth-order valence-electron chi connectivity index (χ4n) is 2.29. The van der Waals surface area contributed by atoms with Gasteiger partial charge in [-0.25, -0.2) is 0 Å². The van der Waals surface area contributed by atoms with Crippen molar-refractivity contribution in [1.82, 2.24) is 0 Å². The lowest BCUT2D eigenvalue weighted by molar-refractivity contribution is -0.137. The molecule has 29 heavy (non-hydrogen) atoms. The van der Waals surface area contributed by atoms with Crippen molar-refractivity contribution in [2.24, 2.45) is 0 Å². The molecule has 0 fully saturated rings. The minimum absolute atomic E-state index is 0.431. The van der Waals surface area contributed by atoms with E-state index in [4.69, 9.17) is 23.2 Å². The van der Waals surface area contributed by atoms with Crippen molar-refractivity contribution in [2.45, 2.75) is 18.8 Å². The predicted molar refractivity (Wildman–Crippen MR) is 94.8 cm³/mol. The van der Waals surface area contributed by atoms with Crippen LogP contribution >= 0.6 is 23.2 Å². The van der Waals surface area contributed by atoms with Crippen molar-refractivity contribution in [3.8, 4) is 0 Å². The molecule has 0 aliphatic rings. The Bertz CT molecular complexity index is 869. The van der Waals surface area contributed by atoms with Gasteiger partial charge in [0.05, 0.1) is 32.5 Å². The first-order valence-corrected chi connectivity index (χ1v) is 8.37. The number of carbonyl (C=O) groups excluding carboxylic acids is 2. The summed E-state index contributed by atoms with van der Waals surface area (Å²) in [6.45, 7) is 0. The minimum Gasteiger partial charge on any atom is -0.324 e. The number of hydrogen-bond acceptors (Lipinski definition) is 2. The topological polar surface area (TPSA) is 58.2 Å². The van der Waals surface area contributed by atoms with Gasteiger partial charge in [0, 0.05) is 0 Å². The second-order valence-electron chi connectivity index (χ2n) is 5.59. The van der Waals surface area contributed by atoms with Crippen molar-refractivity contribution < 1.29 is 35.9 Å². The van der Waals surface area contributed by atoms with Gasteiger partial charge in [0.2, 0.25) is 11.8 Å². The Labute approximate surface area is 169 Å². The lowest BCUT2D eigenvalue weighted by Gasteiger charge is -2.16. The summed E-state index contributed by atoms with van der Waals surface area (Å²) in [4.78, 5) is 23.9. The molecule has 0 atom stereocenters. The standard InChI is InChI=1S/C17H10Cl2F6N2O2/c18-10-5-1-3-8(16(20,21)22)14(10)26-12(28)7-13(29)27-15-9(17(23,24)25)4-2-6-11(15)19/h1-6H,7H2,(H,26,28)(H,27,29). The minimum atomic E-state index is -4.84. The summed E-state index contributed by atoms with van der Waals surface area (Å²) in [5.74, 6) is -2.44. The van der Waals surface area contributed by atoms with E-state index < -0.39 is 63.1 Å². The Morgan fingerprint density at radius 3 is 1.38 bits per heavy atom. The maximum absolute atomic E-state index is 13.0. The van der Waals surface area contributed by atoms with Crippen molar-refractivity contribution in [3.63, 3.8) is 0 Å². The molecule has 0 aliphatic heterocycles. The highest BCUT2D eigenvalue weighted by atomic mass is 35.5. The number of hydrogen-bond donors (Lipinski definition) is 2. The van der Waals surface area contributed by atoms with E-state index in [9.17, 15) is 35.9 Å². The lowest BCUT2D eigenvalue weighted by Crippen LogP contribution is -2.24. The van der Waals surface area contributed by atoms with Crippen LogP contribution in [-0.2, 0) is 21.9 Å². The lowest BCUT2D eigenvalue weighted by atomic mass is 10.1. The van der Waals surface area contributed by atoms with Crippen LogP contribution < -0.4 is 10.6 Å². The van der Waals surface area contributed by atoms with E-state index in [-0.39, 0.29) is 0 Å². The molecule has 0 bridgehead atoms. The summed E-state index contributed by atoms with van der Waals surface area (Å²) < 4.78 is 78.1. The molecule has 0 saturated heterocycles. The first-order chi connectivity index (χ1) is 13.3. The van der Waals surface area contributed by atoms with Crippen molar-refractivity contribution in [2.75, 3.05) is 10.6 Å². The van der Waals surface area contributed by atoms with Gasteiger partial charge in [-0.2, -0.15) is 26.3 Å². The average molecular weight is 459 g/mol. The zero-order valence-electron chi connectivity index (χ0n) is 14.0. The first kappa shape index (κ1) is 22.8. The van der Waals surface area contributed by atoms with Gasteiger partial charge < -0.3 is 10.6 Å². The van der Waals surface area contributed by atoms with Gasteiger partial charge in [0.25, 0.3) is 0 Å². The molecular formula is C17H10Cl2F6N2O2. The molecule has 2 aromatic rings. The maximum atomic E-state index is 13.0. The third-order valence-electron chi connectivity index (χ3n) is 3.49. The number of benzene rings is 2. The molecule has 0 aromatic heterocycles. The monoisotopic (exact) mass is 458 g/mol. The molecule has 0 aliphatic carbocycles. The molecule has 0 radical (unpaired) electrons. The van der Waals surface area contributed by atoms with E-state index in [1.807, 2.05) is 10.6 Å². The number of amides is 2. The highest BCUT2D eigenvalue weighted by Crippen LogP contribution is 2.39. The molecule has 2 N–H and O–H groups in total. The van der Waals surface area contributed by atoms with E-state index in [0.717, 1.165) is 24.3 Å². The zero-order valence-corrected chi connectivity index (χ0v) is 15.5. The number of carbonyl (C=O) groups is 2. The smallest absolute Gasteiger partial charge is 0.324 e. The van der Waals surface area contributed by atoms with Crippen LogP contribution in [0.2, 0.25) is 10.0 Å². The van der Waals surface area contributed by atoms with Crippen LogP contribution in [0.4, 0.5) is 37.7 Å². The summed E-state index contributed by atoms with van der Waals surface area (Å²) in [7, 11) is 0. The molecule has 4 nitrogen and oxygen atoms in total. The quantitative estimate of drug-likeness (QED) is 0.436. The summed E-state index contributed by atoms with van der Waals surface area (Å²) in [5.41, 5.74) is -4.03. The molecule has 0 heterocycles. The summed E-state index contributed by atoms with van der Waals surface area (Å²) in [6, 6.07) is 5.55. The Morgan fingerprint density at radius 2 is 1.07 bits per heavy atom. The highest BCUT2D eigenvalue weighted by Gasteiger charge is 2.36. The molecule has 2 rings (SSSR count). The number of halogens is 8. The van der Waals surface area contributed by atoms with Gasteiger partial charge in [-0.15, -0.1) is 0 Å². The number of para-hydroxylation sites is 2. The van der Waals surface area contributed by atoms with Crippen molar-refractivity contribution in [3.05, 3.63) is 57.6 Å². The Balaban J connectivity index is 2.18. The third-order valence-corrected chi connectivity index (χ3v) is 4.12. The summed E-state index contributed by atoms with van der Waals surface area (Å²) in [5, 5.41) is 2.85. The fraction of sp³-hybridized carbons (Fsp3) is 0.176. The van der Waals surface area contributed by atoms with E-state index >= 15 is 0 Å². The summed E-state index contributed by atoms with van der Waals surface area (Å²) >= 11 is 11.4. The van der Waals surface area contributed by atoms with Crippen molar-refractivity contribution >= 4 is 46.4 Å².